The summed E-state index contributed by atoms with van der Waals surface area (Å²) in [5.74, 6) is 0.245. The minimum atomic E-state index is -0.0810. The Balaban J connectivity index is 1.85. The molecule has 96 valence electrons. The van der Waals surface area contributed by atoms with Crippen molar-refractivity contribution in [3.63, 3.8) is 0 Å². The van der Waals surface area contributed by atoms with Crippen LogP contribution in [-0.2, 0) is 4.79 Å². The molecular formula is C13H11N3OS2. The molecule has 1 amide bonds. The Labute approximate surface area is 119 Å². The summed E-state index contributed by atoms with van der Waals surface area (Å²) in [6.07, 6.45) is 0. The summed E-state index contributed by atoms with van der Waals surface area (Å²) in [4.78, 5) is 16.0. The Morgan fingerprint density at radius 2 is 2.21 bits per heavy atom. The third-order valence-electron chi connectivity index (χ3n) is 2.22. The molecule has 1 aromatic carbocycles. The molecule has 19 heavy (non-hydrogen) atoms. The first kappa shape index (κ1) is 13.6. The number of nitrogens with one attached hydrogen (secondary N) is 1. The van der Waals surface area contributed by atoms with Gasteiger partial charge >= 0.3 is 0 Å². The van der Waals surface area contributed by atoms with Gasteiger partial charge in [-0.25, -0.2) is 4.98 Å². The van der Waals surface area contributed by atoms with Crippen LogP contribution in [0.1, 0.15) is 11.3 Å². The summed E-state index contributed by atoms with van der Waals surface area (Å²) >= 11 is 2.96. The molecule has 4 nitrogen and oxygen atoms in total. The first-order valence-corrected chi connectivity index (χ1v) is 7.39. The Hall–Kier alpha value is -1.84. The van der Waals surface area contributed by atoms with Crippen LogP contribution >= 0.6 is 23.1 Å². The molecule has 0 radical (unpaired) electrons. The monoisotopic (exact) mass is 289 g/mol. The average Bonchev–Trinajstić information content (AvgIpc) is 2.83. The average molecular weight is 289 g/mol. The van der Waals surface area contributed by atoms with Crippen LogP contribution in [0.4, 0.5) is 5.69 Å². The predicted molar refractivity (Wildman–Crippen MR) is 77.4 cm³/mol. The quantitative estimate of drug-likeness (QED) is 0.879. The van der Waals surface area contributed by atoms with Gasteiger partial charge in [-0.15, -0.1) is 11.3 Å². The van der Waals surface area contributed by atoms with Gasteiger partial charge < -0.3 is 5.32 Å². The van der Waals surface area contributed by atoms with E-state index in [-0.39, 0.29) is 5.91 Å². The van der Waals surface area contributed by atoms with Crippen molar-refractivity contribution < 1.29 is 4.79 Å². The number of hydrogen-bond acceptors (Lipinski definition) is 5. The standard InChI is InChI=1S/C13H11N3OS2/c1-9-7-18-13(15-9)19-8-12(17)16-11-4-2-10(6-14)3-5-11/h2-5,7H,8H2,1H3,(H,16,17). The molecule has 0 saturated carbocycles. The van der Waals surface area contributed by atoms with E-state index in [2.05, 4.69) is 10.3 Å². The lowest BCUT2D eigenvalue weighted by molar-refractivity contribution is -0.113. The number of nitriles is 1. The minimum Gasteiger partial charge on any atom is -0.325 e. The van der Waals surface area contributed by atoms with Crippen molar-refractivity contribution in [2.45, 2.75) is 11.3 Å². The van der Waals surface area contributed by atoms with Crippen molar-refractivity contribution in [2.24, 2.45) is 0 Å². The second-order valence-corrected chi connectivity index (χ2v) is 5.86. The molecule has 0 fully saturated rings. The number of thiazole rings is 1. The Kier molecular flexibility index (Phi) is 4.55. The van der Waals surface area contributed by atoms with Gasteiger partial charge in [-0.3, -0.25) is 4.79 Å². The van der Waals surface area contributed by atoms with Gasteiger partial charge in [0.2, 0.25) is 5.91 Å². The van der Waals surface area contributed by atoms with Crippen molar-refractivity contribution in [3.8, 4) is 6.07 Å². The minimum absolute atomic E-state index is 0.0810. The van der Waals surface area contributed by atoms with Gasteiger partial charge in [-0.2, -0.15) is 5.26 Å². The number of amides is 1. The van der Waals surface area contributed by atoms with E-state index in [1.54, 1.807) is 24.3 Å². The molecule has 0 aliphatic rings. The number of aromatic nitrogens is 1. The highest BCUT2D eigenvalue weighted by molar-refractivity contribution is 8.01. The fraction of sp³-hybridized carbons (Fsp3) is 0.154. The molecule has 1 N–H and O–H groups in total. The number of carbonyl (C=O) groups is 1. The van der Waals surface area contributed by atoms with Gasteiger partial charge in [-0.05, 0) is 31.2 Å². The molecule has 0 saturated heterocycles. The van der Waals surface area contributed by atoms with Gasteiger partial charge in [0, 0.05) is 16.8 Å². The van der Waals surface area contributed by atoms with Crippen LogP contribution in [-0.4, -0.2) is 16.6 Å². The van der Waals surface area contributed by atoms with E-state index in [1.807, 2.05) is 18.4 Å². The molecule has 0 spiro atoms. The molecule has 0 atom stereocenters. The largest absolute Gasteiger partial charge is 0.325 e. The second-order valence-electron chi connectivity index (χ2n) is 3.78. The number of benzene rings is 1. The van der Waals surface area contributed by atoms with Crippen LogP contribution in [0.25, 0.3) is 0 Å². The topological polar surface area (TPSA) is 65.8 Å². The van der Waals surface area contributed by atoms with Gasteiger partial charge in [0.25, 0.3) is 0 Å². The van der Waals surface area contributed by atoms with E-state index in [0.29, 0.717) is 17.0 Å². The van der Waals surface area contributed by atoms with Crippen LogP contribution in [0.5, 0.6) is 0 Å². The van der Waals surface area contributed by atoms with Gasteiger partial charge in [0.05, 0.1) is 17.4 Å². The molecular weight excluding hydrogens is 278 g/mol. The lowest BCUT2D eigenvalue weighted by atomic mass is 10.2. The highest BCUT2D eigenvalue weighted by Crippen LogP contribution is 2.22. The Bertz CT molecular complexity index is 614. The Morgan fingerprint density at radius 3 is 2.79 bits per heavy atom. The lowest BCUT2D eigenvalue weighted by Gasteiger charge is -2.03. The maximum absolute atomic E-state index is 11.7. The molecule has 1 aromatic heterocycles. The maximum Gasteiger partial charge on any atom is 0.234 e. The fourth-order valence-corrected chi connectivity index (χ4v) is 3.00. The van der Waals surface area contributed by atoms with E-state index in [4.69, 9.17) is 5.26 Å². The number of aryl methyl sites for hydroxylation is 1. The molecule has 1 heterocycles. The first-order chi connectivity index (χ1) is 9.17. The highest BCUT2D eigenvalue weighted by Gasteiger charge is 2.06. The van der Waals surface area contributed by atoms with Crippen LogP contribution in [0.2, 0.25) is 0 Å². The normalized spacial score (nSPS) is 9.89. The molecule has 0 bridgehead atoms. The van der Waals surface area contributed by atoms with E-state index >= 15 is 0 Å². The van der Waals surface area contributed by atoms with Crippen LogP contribution in [0.3, 0.4) is 0 Å². The van der Waals surface area contributed by atoms with Crippen LogP contribution < -0.4 is 5.32 Å². The zero-order valence-corrected chi connectivity index (χ0v) is 11.8. The first-order valence-electron chi connectivity index (χ1n) is 5.52. The number of thioether (sulfide) groups is 1. The van der Waals surface area contributed by atoms with Crippen LogP contribution in [0, 0.1) is 18.3 Å². The number of anilines is 1. The van der Waals surface area contributed by atoms with Gasteiger partial charge in [0.15, 0.2) is 4.34 Å². The molecule has 0 aliphatic carbocycles. The maximum atomic E-state index is 11.7. The lowest BCUT2D eigenvalue weighted by Crippen LogP contribution is -2.13. The molecule has 0 unspecified atom stereocenters. The van der Waals surface area contributed by atoms with Crippen molar-refractivity contribution in [3.05, 3.63) is 40.9 Å². The SMILES string of the molecule is Cc1csc(SCC(=O)Nc2ccc(C#N)cc2)n1. The number of carbonyl (C=O) groups excluding carboxylic acids is 1. The third-order valence-corrected chi connectivity index (χ3v) is 4.36. The summed E-state index contributed by atoms with van der Waals surface area (Å²) in [5.41, 5.74) is 2.24. The molecule has 2 rings (SSSR count). The number of rotatable bonds is 4. The molecule has 6 heteroatoms. The van der Waals surface area contributed by atoms with Crippen molar-refractivity contribution in [1.82, 2.24) is 4.98 Å². The summed E-state index contributed by atoms with van der Waals surface area (Å²) in [5, 5.41) is 13.4. The number of nitrogens with zero attached hydrogens (tertiary/aromatic N) is 2. The van der Waals surface area contributed by atoms with Gasteiger partial charge in [0.1, 0.15) is 0 Å². The number of hydrogen-bond donors (Lipinski definition) is 1. The van der Waals surface area contributed by atoms with Gasteiger partial charge in [-0.1, -0.05) is 11.8 Å². The summed E-state index contributed by atoms with van der Waals surface area (Å²) in [6.45, 7) is 1.93. The zero-order chi connectivity index (χ0) is 13.7. The highest BCUT2D eigenvalue weighted by atomic mass is 32.2. The summed E-state index contributed by atoms with van der Waals surface area (Å²) in [6, 6.07) is 8.81. The fourth-order valence-electron chi connectivity index (χ4n) is 1.35. The van der Waals surface area contributed by atoms with Crippen molar-refractivity contribution in [2.75, 3.05) is 11.1 Å². The predicted octanol–water partition coefficient (Wildman–Crippen LogP) is 3.05. The molecule has 0 aliphatic heterocycles. The zero-order valence-electron chi connectivity index (χ0n) is 10.2. The third kappa shape index (κ3) is 4.09. The van der Waals surface area contributed by atoms with Crippen molar-refractivity contribution >= 4 is 34.7 Å². The van der Waals surface area contributed by atoms with Crippen molar-refractivity contribution in [1.29, 1.82) is 5.26 Å². The summed E-state index contributed by atoms with van der Waals surface area (Å²) < 4.78 is 0.896. The van der Waals surface area contributed by atoms with E-state index in [9.17, 15) is 4.79 Å². The summed E-state index contributed by atoms with van der Waals surface area (Å²) in [7, 11) is 0. The van der Waals surface area contributed by atoms with E-state index < -0.39 is 0 Å². The van der Waals surface area contributed by atoms with E-state index in [1.165, 1.54) is 23.1 Å². The van der Waals surface area contributed by atoms with E-state index in [0.717, 1.165) is 10.0 Å². The second kappa shape index (κ2) is 6.36. The Morgan fingerprint density at radius 1 is 1.47 bits per heavy atom. The van der Waals surface area contributed by atoms with Crippen LogP contribution in [0.15, 0.2) is 34.0 Å². The molecule has 2 aromatic rings. The smallest absolute Gasteiger partial charge is 0.234 e.